The minimum absolute atomic E-state index is 0.0739. The summed E-state index contributed by atoms with van der Waals surface area (Å²) in [5, 5.41) is 21.8. The van der Waals surface area contributed by atoms with Gasteiger partial charge in [-0.15, -0.1) is 0 Å². The van der Waals surface area contributed by atoms with E-state index in [0.29, 0.717) is 51.7 Å². The lowest BCUT2D eigenvalue weighted by Crippen LogP contribution is -2.48. The number of nitrogens with zero attached hydrogens (tertiary/aromatic N) is 1. The van der Waals surface area contributed by atoms with Crippen LogP contribution in [0.15, 0.2) is 72.8 Å². The summed E-state index contributed by atoms with van der Waals surface area (Å²) >= 11 is 0. The van der Waals surface area contributed by atoms with E-state index in [4.69, 9.17) is 24.1 Å². The third kappa shape index (κ3) is 8.30. The summed E-state index contributed by atoms with van der Waals surface area (Å²) in [6, 6.07) is 23.5. The van der Waals surface area contributed by atoms with Crippen LogP contribution in [0.3, 0.4) is 0 Å². The normalized spacial score (nSPS) is 14.4. The van der Waals surface area contributed by atoms with Crippen LogP contribution in [0.2, 0.25) is 0 Å². The van der Waals surface area contributed by atoms with Crippen LogP contribution in [-0.2, 0) is 15.1 Å². The highest BCUT2D eigenvalue weighted by Crippen LogP contribution is 2.44. The molecule has 0 radical (unpaired) electrons. The SMILES string of the molecule is COc1ccc(C(OCC2(CO)CCN(C(=O)CCCCCNC(=O)O)CC2)(c2ccc(OC)cc2)c2ccc(OC)cc2)cc1. The highest BCUT2D eigenvalue weighted by atomic mass is 16.5. The second-order valence-electron chi connectivity index (χ2n) is 11.7. The number of carbonyl (C=O) groups is 2. The molecule has 10 heteroatoms. The first-order valence-corrected chi connectivity index (χ1v) is 15.7. The number of nitrogens with one attached hydrogen (secondary N) is 1. The molecule has 0 atom stereocenters. The molecular weight excluding hydrogens is 588 g/mol. The molecule has 3 aromatic rings. The number of ether oxygens (including phenoxy) is 4. The highest BCUT2D eigenvalue weighted by Gasteiger charge is 2.43. The van der Waals surface area contributed by atoms with Gasteiger partial charge in [-0.05, 0) is 78.8 Å². The molecule has 1 fully saturated rings. The summed E-state index contributed by atoms with van der Waals surface area (Å²) < 4.78 is 23.5. The first-order valence-electron chi connectivity index (χ1n) is 15.7. The van der Waals surface area contributed by atoms with Crippen LogP contribution in [0.4, 0.5) is 4.79 Å². The third-order valence-electron chi connectivity index (χ3n) is 8.94. The van der Waals surface area contributed by atoms with Crippen molar-refractivity contribution < 1.29 is 38.7 Å². The summed E-state index contributed by atoms with van der Waals surface area (Å²) in [7, 11) is 4.90. The summed E-state index contributed by atoms with van der Waals surface area (Å²) in [5.74, 6) is 2.26. The van der Waals surface area contributed by atoms with Crippen molar-refractivity contribution in [3.05, 3.63) is 89.5 Å². The number of amides is 2. The standard InChI is InChI=1S/C36H46N2O8/c1-43-30-14-8-27(9-15-30)36(28-10-16-31(44-2)17-11-28,29-12-18-32(45-3)19-13-29)46-26-35(25-39)20-23-38(24-21-35)33(40)7-5-4-6-22-37-34(41)42/h8-19,37,39H,4-7,20-26H2,1-3H3,(H,41,42). The molecule has 0 aliphatic carbocycles. The number of benzene rings is 3. The Hall–Kier alpha value is -4.28. The summed E-state index contributed by atoms with van der Waals surface area (Å²) in [4.78, 5) is 25.4. The van der Waals surface area contributed by atoms with Crippen LogP contribution >= 0.6 is 0 Å². The van der Waals surface area contributed by atoms with Gasteiger partial charge in [0, 0.05) is 31.5 Å². The van der Waals surface area contributed by atoms with Gasteiger partial charge in [0.2, 0.25) is 5.91 Å². The Labute approximate surface area is 271 Å². The van der Waals surface area contributed by atoms with Gasteiger partial charge in [-0.1, -0.05) is 42.8 Å². The Balaban J connectivity index is 1.58. The molecule has 0 unspecified atom stereocenters. The summed E-state index contributed by atoms with van der Waals surface area (Å²) in [5.41, 5.74) is 1.08. The Morgan fingerprint density at radius 1 is 0.761 bits per heavy atom. The number of aliphatic hydroxyl groups excluding tert-OH is 1. The first-order chi connectivity index (χ1) is 22.3. The minimum Gasteiger partial charge on any atom is -0.497 e. The van der Waals surface area contributed by atoms with Gasteiger partial charge in [0.1, 0.15) is 22.8 Å². The van der Waals surface area contributed by atoms with Crippen LogP contribution < -0.4 is 19.5 Å². The van der Waals surface area contributed by atoms with Crippen molar-refractivity contribution in [1.29, 1.82) is 0 Å². The van der Waals surface area contributed by atoms with E-state index in [2.05, 4.69) is 5.32 Å². The Kier molecular flexibility index (Phi) is 12.3. The van der Waals surface area contributed by atoms with Gasteiger partial charge in [0.15, 0.2) is 0 Å². The first kappa shape index (κ1) is 34.6. The Bertz CT molecular complexity index is 1270. The van der Waals surface area contributed by atoms with Crippen molar-refractivity contribution in [2.24, 2.45) is 5.41 Å². The van der Waals surface area contributed by atoms with E-state index >= 15 is 0 Å². The zero-order valence-corrected chi connectivity index (χ0v) is 27.0. The number of hydrogen-bond acceptors (Lipinski definition) is 7. The quantitative estimate of drug-likeness (QED) is 0.140. The van der Waals surface area contributed by atoms with E-state index in [1.54, 1.807) is 21.3 Å². The van der Waals surface area contributed by atoms with E-state index in [9.17, 15) is 14.7 Å². The molecule has 0 saturated carbocycles. The van der Waals surface area contributed by atoms with Gasteiger partial charge in [0.05, 0.1) is 34.5 Å². The average Bonchev–Trinajstić information content (AvgIpc) is 3.10. The van der Waals surface area contributed by atoms with E-state index in [0.717, 1.165) is 40.4 Å². The van der Waals surface area contributed by atoms with Crippen molar-refractivity contribution in [2.75, 3.05) is 54.2 Å². The zero-order valence-electron chi connectivity index (χ0n) is 27.0. The maximum atomic E-state index is 13.0. The fourth-order valence-corrected chi connectivity index (χ4v) is 6.00. The number of rotatable bonds is 16. The van der Waals surface area contributed by atoms with Crippen molar-refractivity contribution in [2.45, 2.75) is 44.1 Å². The monoisotopic (exact) mass is 634 g/mol. The number of likely N-dealkylation sites (tertiary alicyclic amines) is 1. The lowest BCUT2D eigenvalue weighted by Gasteiger charge is -2.44. The van der Waals surface area contributed by atoms with E-state index in [-0.39, 0.29) is 19.1 Å². The molecule has 0 bridgehead atoms. The van der Waals surface area contributed by atoms with E-state index < -0.39 is 17.1 Å². The van der Waals surface area contributed by atoms with Gasteiger partial charge in [-0.3, -0.25) is 4.79 Å². The predicted octanol–water partition coefficient (Wildman–Crippen LogP) is 5.45. The molecule has 1 aliphatic rings. The molecule has 3 N–H and O–H groups in total. The fourth-order valence-electron chi connectivity index (χ4n) is 6.00. The number of carbonyl (C=O) groups excluding carboxylic acids is 1. The van der Waals surface area contributed by atoms with Crippen molar-refractivity contribution in [1.82, 2.24) is 10.2 Å². The maximum absolute atomic E-state index is 13.0. The lowest BCUT2D eigenvalue weighted by atomic mass is 9.77. The number of unbranched alkanes of at least 4 members (excludes halogenated alkanes) is 2. The molecule has 1 saturated heterocycles. The van der Waals surface area contributed by atoms with E-state index in [1.165, 1.54) is 0 Å². The molecule has 0 spiro atoms. The number of piperidine rings is 1. The third-order valence-corrected chi connectivity index (χ3v) is 8.94. The van der Waals surface area contributed by atoms with Crippen LogP contribution in [0.5, 0.6) is 17.2 Å². The Morgan fingerprint density at radius 3 is 1.61 bits per heavy atom. The number of aliphatic hydroxyl groups is 1. The number of hydrogen-bond donors (Lipinski definition) is 3. The van der Waals surface area contributed by atoms with Crippen LogP contribution in [0.1, 0.15) is 55.2 Å². The van der Waals surface area contributed by atoms with Gasteiger partial charge in [0.25, 0.3) is 0 Å². The van der Waals surface area contributed by atoms with Crippen molar-refractivity contribution >= 4 is 12.0 Å². The predicted molar refractivity (Wildman–Crippen MR) is 175 cm³/mol. The van der Waals surface area contributed by atoms with Gasteiger partial charge in [-0.2, -0.15) is 0 Å². The van der Waals surface area contributed by atoms with Gasteiger partial charge in [-0.25, -0.2) is 4.79 Å². The molecule has 46 heavy (non-hydrogen) atoms. The molecule has 0 aromatic heterocycles. The summed E-state index contributed by atoms with van der Waals surface area (Å²) in [6.07, 6.45) is 2.77. The molecule has 4 rings (SSSR count). The molecule has 1 aliphatic heterocycles. The topological polar surface area (TPSA) is 127 Å². The van der Waals surface area contributed by atoms with Crippen molar-refractivity contribution in [3.63, 3.8) is 0 Å². The molecule has 2 amide bonds. The molecular formula is C36H46N2O8. The summed E-state index contributed by atoms with van der Waals surface area (Å²) in [6.45, 7) is 1.63. The second kappa shape index (κ2) is 16.3. The average molecular weight is 635 g/mol. The number of methoxy groups -OCH3 is 3. The smallest absolute Gasteiger partial charge is 0.404 e. The molecule has 1 heterocycles. The van der Waals surface area contributed by atoms with E-state index in [1.807, 2.05) is 77.7 Å². The van der Waals surface area contributed by atoms with Crippen molar-refractivity contribution in [3.8, 4) is 17.2 Å². The van der Waals surface area contributed by atoms with Gasteiger partial charge < -0.3 is 39.4 Å². The van der Waals surface area contributed by atoms with Gasteiger partial charge >= 0.3 is 6.09 Å². The lowest BCUT2D eigenvalue weighted by molar-refractivity contribution is -0.137. The fraction of sp³-hybridized carbons (Fsp3) is 0.444. The van der Waals surface area contributed by atoms with Crippen LogP contribution in [-0.4, -0.2) is 81.3 Å². The zero-order chi connectivity index (χ0) is 33.0. The highest BCUT2D eigenvalue weighted by molar-refractivity contribution is 5.76. The number of carboxylic acid groups (broad SMARTS) is 1. The maximum Gasteiger partial charge on any atom is 0.404 e. The Morgan fingerprint density at radius 2 is 1.22 bits per heavy atom. The van der Waals surface area contributed by atoms with Crippen LogP contribution in [0, 0.1) is 5.41 Å². The largest absolute Gasteiger partial charge is 0.497 e. The minimum atomic E-state index is -1.05. The molecule has 10 nitrogen and oxygen atoms in total. The second-order valence-corrected chi connectivity index (χ2v) is 11.7. The van der Waals surface area contributed by atoms with Crippen LogP contribution in [0.25, 0.3) is 0 Å². The molecule has 248 valence electrons. The molecule has 3 aromatic carbocycles.